The largest absolute Gasteiger partial charge is 0.467 e. The zero-order valence-electron chi connectivity index (χ0n) is 14.2. The second-order valence-electron chi connectivity index (χ2n) is 6.13. The van der Waals surface area contributed by atoms with Crippen molar-refractivity contribution in [2.24, 2.45) is 0 Å². The maximum Gasteiger partial charge on any atom is 0.221 e. The Morgan fingerprint density at radius 2 is 1.85 bits per heavy atom. The van der Waals surface area contributed by atoms with Gasteiger partial charge in [0.05, 0.1) is 17.3 Å². The Kier molecular flexibility index (Phi) is 4.51. The molecule has 26 heavy (non-hydrogen) atoms. The van der Waals surface area contributed by atoms with E-state index in [4.69, 9.17) is 4.42 Å². The summed E-state index contributed by atoms with van der Waals surface area (Å²) in [4.78, 5) is 20.3. The highest BCUT2D eigenvalue weighted by atomic mass is 16.3. The molecule has 5 nitrogen and oxygen atoms in total. The number of rotatable bonds is 6. The first-order valence-corrected chi connectivity index (χ1v) is 8.61. The third-order valence-electron chi connectivity index (χ3n) is 4.29. The summed E-state index contributed by atoms with van der Waals surface area (Å²) < 4.78 is 5.52. The van der Waals surface area contributed by atoms with Gasteiger partial charge in [-0.25, -0.2) is 4.98 Å². The number of carbonyl (C=O) groups is 1. The molecule has 0 saturated heterocycles. The maximum absolute atomic E-state index is 12.5. The summed E-state index contributed by atoms with van der Waals surface area (Å²) in [5.74, 6) is 1.49. The number of aromatic nitrogens is 2. The third kappa shape index (κ3) is 3.52. The highest BCUT2D eigenvalue weighted by molar-refractivity contribution is 5.78. The number of nitrogens with zero attached hydrogens (tertiary/aromatic N) is 1. The molecule has 4 rings (SSSR count). The van der Waals surface area contributed by atoms with Crippen molar-refractivity contribution in [3.63, 3.8) is 0 Å². The fourth-order valence-electron chi connectivity index (χ4n) is 3.01. The molecule has 4 aromatic rings. The molecule has 2 N–H and O–H groups in total. The summed E-state index contributed by atoms with van der Waals surface area (Å²) in [6.07, 6.45) is 2.52. The molecule has 1 amide bonds. The first kappa shape index (κ1) is 16.1. The molecular weight excluding hydrogens is 326 g/mol. The van der Waals surface area contributed by atoms with Crippen LogP contribution in [0, 0.1) is 0 Å². The van der Waals surface area contributed by atoms with Crippen LogP contribution in [0.5, 0.6) is 0 Å². The predicted octanol–water partition coefficient (Wildman–Crippen LogP) is 3.99. The Morgan fingerprint density at radius 1 is 1.04 bits per heavy atom. The summed E-state index contributed by atoms with van der Waals surface area (Å²) in [6.45, 7) is 0. The van der Waals surface area contributed by atoms with Crippen molar-refractivity contribution in [3.05, 3.63) is 90.1 Å². The number of aryl methyl sites for hydroxylation is 1. The number of para-hydroxylation sites is 2. The molecular formula is C21H19N3O2. The molecule has 1 unspecified atom stereocenters. The molecule has 0 aliphatic carbocycles. The smallest absolute Gasteiger partial charge is 0.221 e. The Morgan fingerprint density at radius 3 is 2.62 bits per heavy atom. The molecule has 1 atom stereocenters. The van der Waals surface area contributed by atoms with Gasteiger partial charge in [0.1, 0.15) is 17.6 Å². The molecule has 0 aliphatic heterocycles. The van der Waals surface area contributed by atoms with Crippen LogP contribution < -0.4 is 5.32 Å². The van der Waals surface area contributed by atoms with Crippen molar-refractivity contribution in [1.29, 1.82) is 0 Å². The maximum atomic E-state index is 12.5. The highest BCUT2D eigenvalue weighted by Gasteiger charge is 2.19. The lowest BCUT2D eigenvalue weighted by Gasteiger charge is -2.17. The van der Waals surface area contributed by atoms with Gasteiger partial charge in [0.2, 0.25) is 5.91 Å². The van der Waals surface area contributed by atoms with E-state index in [1.54, 1.807) is 6.26 Å². The van der Waals surface area contributed by atoms with Gasteiger partial charge in [-0.3, -0.25) is 4.79 Å². The number of carbonyl (C=O) groups excluding carboxylic acids is 1. The lowest BCUT2D eigenvalue weighted by atomic mass is 10.0. The SMILES string of the molecule is O=C(CCc1nc2ccccc2[nH]1)NC(c1ccccc1)c1ccco1. The van der Waals surface area contributed by atoms with Crippen LogP contribution in [0.15, 0.2) is 77.4 Å². The van der Waals surface area contributed by atoms with Gasteiger partial charge in [-0.2, -0.15) is 0 Å². The van der Waals surface area contributed by atoms with Crippen molar-refractivity contribution in [2.45, 2.75) is 18.9 Å². The van der Waals surface area contributed by atoms with Gasteiger partial charge in [-0.15, -0.1) is 0 Å². The minimum Gasteiger partial charge on any atom is -0.467 e. The Bertz CT molecular complexity index is 957. The van der Waals surface area contributed by atoms with Crippen LogP contribution in [0.2, 0.25) is 0 Å². The number of imidazole rings is 1. The lowest BCUT2D eigenvalue weighted by Crippen LogP contribution is -2.29. The minimum absolute atomic E-state index is 0.0456. The summed E-state index contributed by atoms with van der Waals surface area (Å²) in [6, 6.07) is 21.1. The number of nitrogens with one attached hydrogen (secondary N) is 2. The number of amides is 1. The number of hydrogen-bond acceptors (Lipinski definition) is 3. The number of fused-ring (bicyclic) bond motifs is 1. The summed E-state index contributed by atoms with van der Waals surface area (Å²) in [5.41, 5.74) is 2.89. The molecule has 2 aromatic heterocycles. The molecule has 130 valence electrons. The normalized spacial score (nSPS) is 12.2. The van der Waals surface area contributed by atoms with Crippen LogP contribution >= 0.6 is 0 Å². The second-order valence-corrected chi connectivity index (χ2v) is 6.13. The van der Waals surface area contributed by atoms with Gasteiger partial charge in [0.25, 0.3) is 0 Å². The molecule has 0 aliphatic rings. The van der Waals surface area contributed by atoms with E-state index in [0.29, 0.717) is 18.6 Å². The zero-order chi connectivity index (χ0) is 17.8. The standard InChI is InChI=1S/C21H19N3O2/c25-20(13-12-19-22-16-9-4-5-10-17(16)23-19)24-21(18-11-6-14-26-18)15-7-2-1-3-8-15/h1-11,14,21H,12-13H2,(H,22,23)(H,24,25). The van der Waals surface area contributed by atoms with Gasteiger partial charge in [0, 0.05) is 12.8 Å². The molecule has 0 saturated carbocycles. The quantitative estimate of drug-likeness (QED) is 0.555. The van der Waals surface area contributed by atoms with Crippen LogP contribution in [0.4, 0.5) is 0 Å². The number of aromatic amines is 1. The van der Waals surface area contributed by atoms with E-state index in [9.17, 15) is 4.79 Å². The number of hydrogen-bond donors (Lipinski definition) is 2. The van der Waals surface area contributed by atoms with E-state index in [1.165, 1.54) is 0 Å². The number of furan rings is 1. The fourth-order valence-corrected chi connectivity index (χ4v) is 3.01. The fraction of sp³-hybridized carbons (Fsp3) is 0.143. The average molecular weight is 345 g/mol. The van der Waals surface area contributed by atoms with Crippen molar-refractivity contribution >= 4 is 16.9 Å². The van der Waals surface area contributed by atoms with Gasteiger partial charge < -0.3 is 14.7 Å². The van der Waals surface area contributed by atoms with E-state index in [1.807, 2.05) is 66.7 Å². The van der Waals surface area contributed by atoms with Gasteiger partial charge in [0.15, 0.2) is 0 Å². The Labute approximate surface area is 151 Å². The van der Waals surface area contributed by atoms with Crippen LogP contribution in [0.1, 0.15) is 29.6 Å². The second kappa shape index (κ2) is 7.27. The molecule has 0 radical (unpaired) electrons. The summed E-state index contributed by atoms with van der Waals surface area (Å²) in [7, 11) is 0. The van der Waals surface area contributed by atoms with E-state index >= 15 is 0 Å². The first-order valence-electron chi connectivity index (χ1n) is 8.61. The van der Waals surface area contributed by atoms with Crippen molar-refractivity contribution in [2.75, 3.05) is 0 Å². The monoisotopic (exact) mass is 345 g/mol. The molecule has 2 heterocycles. The number of benzene rings is 2. The van der Waals surface area contributed by atoms with Crippen molar-refractivity contribution < 1.29 is 9.21 Å². The van der Waals surface area contributed by atoms with E-state index in [-0.39, 0.29) is 11.9 Å². The summed E-state index contributed by atoms with van der Waals surface area (Å²) >= 11 is 0. The minimum atomic E-state index is -0.297. The molecule has 2 aromatic carbocycles. The summed E-state index contributed by atoms with van der Waals surface area (Å²) in [5, 5.41) is 3.07. The third-order valence-corrected chi connectivity index (χ3v) is 4.29. The van der Waals surface area contributed by atoms with Crippen LogP contribution in [0.25, 0.3) is 11.0 Å². The topological polar surface area (TPSA) is 70.9 Å². The Hall–Kier alpha value is -3.34. The van der Waals surface area contributed by atoms with Crippen LogP contribution in [-0.2, 0) is 11.2 Å². The molecule has 5 heteroatoms. The first-order chi connectivity index (χ1) is 12.8. The van der Waals surface area contributed by atoms with Gasteiger partial charge in [-0.05, 0) is 29.8 Å². The Balaban J connectivity index is 1.45. The van der Waals surface area contributed by atoms with E-state index < -0.39 is 0 Å². The molecule has 0 fully saturated rings. The van der Waals surface area contributed by atoms with Crippen molar-refractivity contribution in [1.82, 2.24) is 15.3 Å². The van der Waals surface area contributed by atoms with Gasteiger partial charge >= 0.3 is 0 Å². The van der Waals surface area contributed by atoms with Crippen LogP contribution in [0.3, 0.4) is 0 Å². The zero-order valence-corrected chi connectivity index (χ0v) is 14.2. The van der Waals surface area contributed by atoms with E-state index in [2.05, 4.69) is 15.3 Å². The average Bonchev–Trinajstić information content (AvgIpc) is 3.34. The number of H-pyrrole nitrogens is 1. The molecule has 0 spiro atoms. The highest BCUT2D eigenvalue weighted by Crippen LogP contribution is 2.22. The lowest BCUT2D eigenvalue weighted by molar-refractivity contribution is -0.121. The van der Waals surface area contributed by atoms with E-state index in [0.717, 1.165) is 22.4 Å². The predicted molar refractivity (Wildman–Crippen MR) is 99.6 cm³/mol. The molecule has 0 bridgehead atoms. The van der Waals surface area contributed by atoms with Gasteiger partial charge in [-0.1, -0.05) is 42.5 Å². The van der Waals surface area contributed by atoms with Crippen LogP contribution in [-0.4, -0.2) is 15.9 Å². The van der Waals surface area contributed by atoms with Crippen molar-refractivity contribution in [3.8, 4) is 0 Å².